The Bertz CT molecular complexity index is 717. The highest BCUT2D eigenvalue weighted by Crippen LogP contribution is 2.67. The molecule has 29 heavy (non-hydrogen) atoms. The van der Waals surface area contributed by atoms with Crippen LogP contribution in [0.1, 0.15) is 92.4 Å². The highest BCUT2D eigenvalue weighted by atomic mass is 16.7. The van der Waals surface area contributed by atoms with Crippen molar-refractivity contribution in [3.63, 3.8) is 0 Å². The Balaban J connectivity index is 1.57. The van der Waals surface area contributed by atoms with Gasteiger partial charge in [-0.1, -0.05) is 12.5 Å². The Morgan fingerprint density at radius 3 is 2.55 bits per heavy atom. The van der Waals surface area contributed by atoms with Crippen molar-refractivity contribution in [3.8, 4) is 0 Å². The quantitative estimate of drug-likeness (QED) is 0.514. The van der Waals surface area contributed by atoms with Crippen LogP contribution in [-0.2, 0) is 14.3 Å². The van der Waals surface area contributed by atoms with Crippen LogP contribution in [0.25, 0.3) is 0 Å². The van der Waals surface area contributed by atoms with E-state index < -0.39 is 17.4 Å². The first-order valence-corrected chi connectivity index (χ1v) is 11.7. The summed E-state index contributed by atoms with van der Waals surface area (Å²) in [6.45, 7) is 10.1. The van der Waals surface area contributed by atoms with Crippen LogP contribution < -0.4 is 0 Å². The molecule has 4 unspecified atom stereocenters. The van der Waals surface area contributed by atoms with E-state index in [0.717, 1.165) is 44.9 Å². The maximum absolute atomic E-state index is 12.6. The van der Waals surface area contributed by atoms with E-state index in [2.05, 4.69) is 13.8 Å². The van der Waals surface area contributed by atoms with Crippen LogP contribution in [0.3, 0.4) is 0 Å². The molecule has 4 rings (SSSR count). The van der Waals surface area contributed by atoms with Crippen molar-refractivity contribution in [3.05, 3.63) is 11.6 Å². The molecule has 0 aliphatic heterocycles. The third-order valence-electron chi connectivity index (χ3n) is 8.82. The van der Waals surface area contributed by atoms with E-state index in [1.165, 1.54) is 18.4 Å². The molecule has 0 aromatic rings. The highest BCUT2D eigenvalue weighted by molar-refractivity contribution is 5.91. The van der Waals surface area contributed by atoms with Crippen molar-refractivity contribution in [1.29, 1.82) is 0 Å². The highest BCUT2D eigenvalue weighted by Gasteiger charge is 2.64. The monoisotopic (exact) mass is 402 g/mol. The van der Waals surface area contributed by atoms with E-state index in [-0.39, 0.29) is 5.41 Å². The molecule has 3 saturated carbocycles. The smallest absolute Gasteiger partial charge is 0.429 e. The minimum atomic E-state index is -0.535. The summed E-state index contributed by atoms with van der Waals surface area (Å²) < 4.78 is 11.6. The second-order valence-electron chi connectivity index (χ2n) is 11.2. The Labute approximate surface area is 175 Å². The predicted octanol–water partition coefficient (Wildman–Crippen LogP) is 6.23. The standard InChI is InChI=1S/C25H38O4/c1-6-25-14-11-19-18-10-8-17(26)15-16(18)7-9-20(19)21(25)12-13-24(25,5)29-22(27)28-23(2,3)4/h15,18-21H,6-14H2,1-5H3/t18?,19?,20?,21?,24-,25-/m0/s1. The van der Waals surface area contributed by atoms with E-state index in [0.29, 0.717) is 29.5 Å². The van der Waals surface area contributed by atoms with E-state index in [1.807, 2.05) is 26.8 Å². The minimum Gasteiger partial charge on any atom is -0.429 e. The molecule has 4 heteroatoms. The lowest BCUT2D eigenvalue weighted by Crippen LogP contribution is -2.54. The molecule has 0 aromatic carbocycles. The van der Waals surface area contributed by atoms with Gasteiger partial charge in [-0.05, 0) is 109 Å². The second-order valence-corrected chi connectivity index (χ2v) is 11.2. The van der Waals surface area contributed by atoms with Crippen LogP contribution in [0.4, 0.5) is 4.79 Å². The third-order valence-corrected chi connectivity index (χ3v) is 8.82. The first-order valence-electron chi connectivity index (χ1n) is 11.7. The molecule has 0 radical (unpaired) electrons. The summed E-state index contributed by atoms with van der Waals surface area (Å²) in [7, 11) is 0. The van der Waals surface area contributed by atoms with Crippen molar-refractivity contribution >= 4 is 11.9 Å². The van der Waals surface area contributed by atoms with E-state index in [4.69, 9.17) is 9.47 Å². The third kappa shape index (κ3) is 3.45. The number of hydrogen-bond acceptors (Lipinski definition) is 4. The molecule has 3 fully saturated rings. The molecule has 0 heterocycles. The summed E-state index contributed by atoms with van der Waals surface area (Å²) in [6.07, 6.45) is 10.9. The van der Waals surface area contributed by atoms with Gasteiger partial charge >= 0.3 is 6.16 Å². The first kappa shape index (κ1) is 20.9. The molecule has 6 atom stereocenters. The van der Waals surface area contributed by atoms with Gasteiger partial charge in [-0.2, -0.15) is 0 Å². The summed E-state index contributed by atoms with van der Waals surface area (Å²) in [5.41, 5.74) is 0.500. The van der Waals surface area contributed by atoms with E-state index in [9.17, 15) is 9.59 Å². The number of fused-ring (bicyclic) bond motifs is 5. The summed E-state index contributed by atoms with van der Waals surface area (Å²) in [5.74, 6) is 2.95. The molecule has 0 bridgehead atoms. The Morgan fingerprint density at radius 2 is 1.86 bits per heavy atom. The van der Waals surface area contributed by atoms with Gasteiger partial charge in [-0.15, -0.1) is 0 Å². The minimum absolute atomic E-state index is 0.0524. The molecule has 4 aliphatic rings. The van der Waals surface area contributed by atoms with Crippen LogP contribution in [0.5, 0.6) is 0 Å². The van der Waals surface area contributed by atoms with Gasteiger partial charge in [0.1, 0.15) is 11.2 Å². The molecule has 0 aromatic heterocycles. The maximum atomic E-state index is 12.6. The number of rotatable bonds is 2. The first-order chi connectivity index (χ1) is 13.6. The number of ether oxygens (including phenoxy) is 2. The Hall–Kier alpha value is -1.32. The predicted molar refractivity (Wildman–Crippen MR) is 112 cm³/mol. The zero-order chi connectivity index (χ0) is 21.0. The van der Waals surface area contributed by atoms with Gasteiger partial charge in [0.2, 0.25) is 0 Å². The van der Waals surface area contributed by atoms with Crippen LogP contribution in [0.15, 0.2) is 11.6 Å². The lowest BCUT2D eigenvalue weighted by Gasteiger charge is -2.56. The molecule has 162 valence electrons. The number of ketones is 1. The van der Waals surface area contributed by atoms with Crippen LogP contribution in [0, 0.1) is 29.1 Å². The fourth-order valence-electron chi connectivity index (χ4n) is 7.64. The van der Waals surface area contributed by atoms with Gasteiger partial charge in [0.05, 0.1) is 0 Å². The van der Waals surface area contributed by atoms with Gasteiger partial charge in [0, 0.05) is 11.8 Å². The maximum Gasteiger partial charge on any atom is 0.509 e. The Morgan fingerprint density at radius 1 is 1.10 bits per heavy atom. The molecule has 4 nitrogen and oxygen atoms in total. The van der Waals surface area contributed by atoms with E-state index >= 15 is 0 Å². The van der Waals surface area contributed by atoms with Gasteiger partial charge in [-0.25, -0.2) is 4.79 Å². The SMILES string of the molecule is CC[C@]12CCC3C4CCC(=O)C=C4CCC3C1CC[C@]2(C)OC(=O)OC(C)(C)C. The molecule has 4 aliphatic carbocycles. The molecule has 0 amide bonds. The molecular formula is C25H38O4. The van der Waals surface area contributed by atoms with Crippen molar-refractivity contribution in [2.45, 2.75) is 104 Å². The molecule has 0 spiro atoms. The van der Waals surface area contributed by atoms with Gasteiger partial charge in [0.15, 0.2) is 5.78 Å². The summed E-state index contributed by atoms with van der Waals surface area (Å²) >= 11 is 0. The van der Waals surface area contributed by atoms with Gasteiger partial charge in [-0.3, -0.25) is 4.79 Å². The molecular weight excluding hydrogens is 364 g/mol. The average Bonchev–Trinajstić information content (AvgIpc) is 2.92. The number of carbonyl (C=O) groups excluding carboxylic acids is 2. The van der Waals surface area contributed by atoms with Crippen LogP contribution >= 0.6 is 0 Å². The topological polar surface area (TPSA) is 52.6 Å². The largest absolute Gasteiger partial charge is 0.509 e. The summed E-state index contributed by atoms with van der Waals surface area (Å²) in [6, 6.07) is 0. The molecule has 0 N–H and O–H groups in total. The van der Waals surface area contributed by atoms with Crippen LogP contribution in [-0.4, -0.2) is 23.1 Å². The zero-order valence-corrected chi connectivity index (χ0v) is 18.9. The van der Waals surface area contributed by atoms with Crippen LogP contribution in [0.2, 0.25) is 0 Å². The zero-order valence-electron chi connectivity index (χ0n) is 18.9. The van der Waals surface area contributed by atoms with Gasteiger partial charge < -0.3 is 9.47 Å². The second kappa shape index (κ2) is 7.13. The fourth-order valence-corrected chi connectivity index (χ4v) is 7.64. The average molecular weight is 403 g/mol. The van der Waals surface area contributed by atoms with Crippen molar-refractivity contribution in [2.24, 2.45) is 29.1 Å². The number of allylic oxidation sites excluding steroid dienone is 1. The normalized spacial score (nSPS) is 41.7. The lowest BCUT2D eigenvalue weighted by molar-refractivity contribution is -0.144. The Kier molecular flexibility index (Phi) is 5.15. The van der Waals surface area contributed by atoms with Gasteiger partial charge in [0.25, 0.3) is 0 Å². The van der Waals surface area contributed by atoms with Crippen molar-refractivity contribution in [1.82, 2.24) is 0 Å². The van der Waals surface area contributed by atoms with Crippen molar-refractivity contribution < 1.29 is 19.1 Å². The molecule has 0 saturated heterocycles. The lowest BCUT2D eigenvalue weighted by atomic mass is 9.49. The van der Waals surface area contributed by atoms with E-state index in [1.54, 1.807) is 0 Å². The fraction of sp³-hybridized carbons (Fsp3) is 0.840. The van der Waals surface area contributed by atoms with Crippen molar-refractivity contribution in [2.75, 3.05) is 0 Å². The number of carbonyl (C=O) groups is 2. The summed E-state index contributed by atoms with van der Waals surface area (Å²) in [5, 5.41) is 0. The summed E-state index contributed by atoms with van der Waals surface area (Å²) in [4.78, 5) is 24.5. The number of hydrogen-bond donors (Lipinski definition) is 0.